The van der Waals surface area contributed by atoms with E-state index in [0.717, 1.165) is 12.0 Å². The van der Waals surface area contributed by atoms with Gasteiger partial charge in [-0.1, -0.05) is 30.7 Å². The van der Waals surface area contributed by atoms with Gasteiger partial charge < -0.3 is 10.6 Å². The molecular formula is C15H18ClFN4S. The molecule has 0 saturated carbocycles. The van der Waals surface area contributed by atoms with Gasteiger partial charge in [0, 0.05) is 12.2 Å². The van der Waals surface area contributed by atoms with Crippen molar-refractivity contribution < 1.29 is 4.39 Å². The minimum Gasteiger partial charge on any atom is -0.360 e. The van der Waals surface area contributed by atoms with Crippen molar-refractivity contribution in [2.75, 3.05) is 5.32 Å². The highest BCUT2D eigenvalue weighted by Crippen LogP contribution is 2.20. The Balaban J connectivity index is 2.01. The van der Waals surface area contributed by atoms with Crippen LogP contribution in [0.5, 0.6) is 0 Å². The highest BCUT2D eigenvalue weighted by atomic mass is 35.5. The molecule has 2 N–H and O–H groups in total. The van der Waals surface area contributed by atoms with E-state index in [2.05, 4.69) is 22.7 Å². The van der Waals surface area contributed by atoms with Crippen molar-refractivity contribution in [2.45, 2.75) is 32.9 Å². The van der Waals surface area contributed by atoms with Crippen molar-refractivity contribution in [3.63, 3.8) is 0 Å². The quantitative estimate of drug-likeness (QED) is 0.812. The molecule has 0 amide bonds. The van der Waals surface area contributed by atoms with Crippen molar-refractivity contribution in [3.8, 4) is 0 Å². The number of anilines is 1. The van der Waals surface area contributed by atoms with E-state index in [1.165, 1.54) is 12.1 Å². The summed E-state index contributed by atoms with van der Waals surface area (Å²) in [6.07, 6.45) is 2.67. The lowest BCUT2D eigenvalue weighted by molar-refractivity contribution is 0.624. The van der Waals surface area contributed by atoms with Crippen molar-refractivity contribution in [3.05, 3.63) is 46.9 Å². The number of hydrogen-bond donors (Lipinski definition) is 2. The first-order valence-corrected chi connectivity index (χ1v) is 7.81. The average molecular weight is 341 g/mol. The van der Waals surface area contributed by atoms with Gasteiger partial charge in [-0.2, -0.15) is 5.10 Å². The van der Waals surface area contributed by atoms with Crippen LogP contribution in [-0.2, 0) is 6.54 Å². The van der Waals surface area contributed by atoms with Crippen LogP contribution in [0.4, 0.5) is 10.2 Å². The second kappa shape index (κ2) is 7.56. The highest BCUT2D eigenvalue weighted by Gasteiger charge is 2.10. The van der Waals surface area contributed by atoms with Gasteiger partial charge in [0.1, 0.15) is 10.8 Å². The molecule has 1 aromatic carbocycles. The van der Waals surface area contributed by atoms with Crippen molar-refractivity contribution in [1.82, 2.24) is 15.1 Å². The average Bonchev–Trinajstić information content (AvgIpc) is 2.81. The molecule has 1 atom stereocenters. The van der Waals surface area contributed by atoms with Gasteiger partial charge in [-0.15, -0.1) is 0 Å². The Bertz CT molecular complexity index is 641. The van der Waals surface area contributed by atoms with E-state index in [0.29, 0.717) is 22.5 Å². The summed E-state index contributed by atoms with van der Waals surface area (Å²) in [5.41, 5.74) is 0.937. The molecule has 22 heavy (non-hydrogen) atoms. The van der Waals surface area contributed by atoms with Crippen LogP contribution in [0.2, 0.25) is 5.02 Å². The second-order valence-electron chi connectivity index (χ2n) is 5.06. The molecule has 0 spiro atoms. The maximum atomic E-state index is 12.9. The standard InChI is InChI=1S/C15H18ClFN4S/c1-3-10(2)18-15(22)19-14-13(16)9-21(20-14)8-11-4-6-12(17)7-5-11/h4-7,9-10H,3,8H2,1-2H3,(H2,18,19,20,22). The second-order valence-corrected chi connectivity index (χ2v) is 5.87. The van der Waals surface area contributed by atoms with E-state index in [1.54, 1.807) is 23.0 Å². The molecule has 2 rings (SSSR count). The Morgan fingerprint density at radius 3 is 2.73 bits per heavy atom. The molecule has 7 heteroatoms. The third kappa shape index (κ3) is 4.68. The largest absolute Gasteiger partial charge is 0.360 e. The number of thiocarbonyl (C=S) groups is 1. The highest BCUT2D eigenvalue weighted by molar-refractivity contribution is 7.80. The van der Waals surface area contributed by atoms with E-state index in [9.17, 15) is 4.39 Å². The summed E-state index contributed by atoms with van der Waals surface area (Å²) in [5.74, 6) is 0.246. The lowest BCUT2D eigenvalue weighted by Crippen LogP contribution is -2.35. The number of halogens is 2. The van der Waals surface area contributed by atoms with Gasteiger partial charge in [-0.25, -0.2) is 4.39 Å². The zero-order valence-corrected chi connectivity index (χ0v) is 14.0. The van der Waals surface area contributed by atoms with Gasteiger partial charge in [0.05, 0.1) is 6.54 Å². The summed E-state index contributed by atoms with van der Waals surface area (Å²) in [4.78, 5) is 0. The number of hydrogen-bond acceptors (Lipinski definition) is 2. The fourth-order valence-electron chi connectivity index (χ4n) is 1.81. The van der Waals surface area contributed by atoms with E-state index >= 15 is 0 Å². The number of rotatable bonds is 5. The zero-order valence-electron chi connectivity index (χ0n) is 12.4. The Morgan fingerprint density at radius 2 is 2.09 bits per heavy atom. The van der Waals surface area contributed by atoms with Crippen LogP contribution in [0.25, 0.3) is 0 Å². The van der Waals surface area contributed by atoms with E-state index < -0.39 is 0 Å². The Labute approximate surface area is 139 Å². The molecule has 1 unspecified atom stereocenters. The van der Waals surface area contributed by atoms with Crippen LogP contribution >= 0.6 is 23.8 Å². The fraction of sp³-hybridized carbons (Fsp3) is 0.333. The normalized spacial score (nSPS) is 12.0. The van der Waals surface area contributed by atoms with Gasteiger partial charge in [0.15, 0.2) is 10.9 Å². The van der Waals surface area contributed by atoms with Gasteiger partial charge in [0.25, 0.3) is 0 Å². The third-order valence-corrected chi connectivity index (χ3v) is 3.69. The summed E-state index contributed by atoms with van der Waals surface area (Å²) in [6.45, 7) is 4.63. The topological polar surface area (TPSA) is 41.9 Å². The molecule has 0 aliphatic heterocycles. The number of benzene rings is 1. The minimum absolute atomic E-state index is 0.258. The van der Waals surface area contributed by atoms with Crippen LogP contribution in [0, 0.1) is 5.82 Å². The molecular weight excluding hydrogens is 323 g/mol. The van der Waals surface area contributed by atoms with Gasteiger partial charge >= 0.3 is 0 Å². The molecule has 0 aliphatic rings. The van der Waals surface area contributed by atoms with Crippen molar-refractivity contribution in [1.29, 1.82) is 0 Å². The van der Waals surface area contributed by atoms with Gasteiger partial charge in [0.2, 0.25) is 0 Å². The van der Waals surface area contributed by atoms with E-state index in [1.807, 2.05) is 6.92 Å². The summed E-state index contributed by atoms with van der Waals surface area (Å²) < 4.78 is 14.6. The Kier molecular flexibility index (Phi) is 5.74. The van der Waals surface area contributed by atoms with Crippen LogP contribution < -0.4 is 10.6 Å². The molecule has 4 nitrogen and oxygen atoms in total. The minimum atomic E-state index is -0.258. The molecule has 118 valence electrons. The Morgan fingerprint density at radius 1 is 1.41 bits per heavy atom. The van der Waals surface area contributed by atoms with Crippen LogP contribution in [0.3, 0.4) is 0 Å². The summed E-state index contributed by atoms with van der Waals surface area (Å²) in [5, 5.41) is 11.5. The van der Waals surface area contributed by atoms with Crippen molar-refractivity contribution in [2.24, 2.45) is 0 Å². The van der Waals surface area contributed by atoms with E-state index in [4.69, 9.17) is 23.8 Å². The summed E-state index contributed by atoms with van der Waals surface area (Å²) in [7, 11) is 0. The predicted molar refractivity (Wildman–Crippen MR) is 91.8 cm³/mol. The first-order valence-electron chi connectivity index (χ1n) is 7.03. The summed E-state index contributed by atoms with van der Waals surface area (Å²) in [6, 6.07) is 6.55. The first kappa shape index (κ1) is 16.7. The van der Waals surface area contributed by atoms with Crippen LogP contribution in [0.1, 0.15) is 25.8 Å². The fourth-order valence-corrected chi connectivity index (χ4v) is 2.30. The SMILES string of the molecule is CCC(C)NC(=S)Nc1nn(Cc2ccc(F)cc2)cc1Cl. The Hall–Kier alpha value is -1.66. The summed E-state index contributed by atoms with van der Waals surface area (Å²) >= 11 is 11.4. The van der Waals surface area contributed by atoms with Gasteiger partial charge in [-0.3, -0.25) is 4.68 Å². The monoisotopic (exact) mass is 340 g/mol. The van der Waals surface area contributed by atoms with E-state index in [-0.39, 0.29) is 11.9 Å². The smallest absolute Gasteiger partial charge is 0.173 e. The third-order valence-electron chi connectivity index (χ3n) is 3.20. The lowest BCUT2D eigenvalue weighted by atomic mass is 10.2. The van der Waals surface area contributed by atoms with Gasteiger partial charge in [-0.05, 0) is 43.3 Å². The maximum Gasteiger partial charge on any atom is 0.173 e. The molecule has 1 heterocycles. The number of nitrogens with one attached hydrogen (secondary N) is 2. The van der Waals surface area contributed by atoms with Crippen molar-refractivity contribution >= 4 is 34.7 Å². The molecule has 0 radical (unpaired) electrons. The molecule has 2 aromatic rings. The zero-order chi connectivity index (χ0) is 16.1. The molecule has 0 fully saturated rings. The maximum absolute atomic E-state index is 12.9. The lowest BCUT2D eigenvalue weighted by Gasteiger charge is -2.14. The molecule has 1 aromatic heterocycles. The van der Waals surface area contributed by atoms with Crippen LogP contribution in [0.15, 0.2) is 30.5 Å². The molecule has 0 saturated heterocycles. The predicted octanol–water partition coefficient (Wildman–Crippen LogP) is 3.81. The number of nitrogens with zero attached hydrogens (tertiary/aromatic N) is 2. The molecule has 0 aliphatic carbocycles. The number of aromatic nitrogens is 2. The molecule has 0 bridgehead atoms. The van der Waals surface area contributed by atoms with Crippen LogP contribution in [-0.4, -0.2) is 20.9 Å². The first-order chi connectivity index (χ1) is 10.5.